The summed E-state index contributed by atoms with van der Waals surface area (Å²) in [7, 11) is 0. The standard InChI is InChI=1S/C26H23FN2O3/c1-2-19-7-3-5-9-23(19)28-26(31)29(15-18-11-13-21(27)14-12-18)16-20-17-32-24-10-6-4-8-22(24)25(20)30/h3-14,17H,2,15-16H2,1H3,(H,28,31). The topological polar surface area (TPSA) is 62.6 Å². The van der Waals surface area contributed by atoms with Crippen LogP contribution in [0, 0.1) is 5.82 Å². The van der Waals surface area contributed by atoms with Crippen LogP contribution in [0.5, 0.6) is 0 Å². The molecule has 0 atom stereocenters. The molecule has 1 aromatic heterocycles. The number of benzene rings is 3. The van der Waals surface area contributed by atoms with Gasteiger partial charge in [-0.15, -0.1) is 0 Å². The summed E-state index contributed by atoms with van der Waals surface area (Å²) in [6.45, 7) is 2.26. The second kappa shape index (κ2) is 9.47. The zero-order chi connectivity index (χ0) is 22.5. The fourth-order valence-electron chi connectivity index (χ4n) is 3.59. The predicted molar refractivity (Wildman–Crippen MR) is 123 cm³/mol. The third kappa shape index (κ3) is 4.70. The van der Waals surface area contributed by atoms with Crippen molar-refractivity contribution >= 4 is 22.7 Å². The summed E-state index contributed by atoms with van der Waals surface area (Å²) in [5.41, 5.74) is 3.15. The molecule has 0 saturated carbocycles. The minimum absolute atomic E-state index is 0.0463. The Bertz CT molecular complexity index is 1300. The minimum Gasteiger partial charge on any atom is -0.464 e. The Morgan fingerprint density at radius 1 is 0.938 bits per heavy atom. The van der Waals surface area contributed by atoms with E-state index in [4.69, 9.17) is 4.42 Å². The van der Waals surface area contributed by atoms with Gasteiger partial charge in [0.05, 0.1) is 23.8 Å². The van der Waals surface area contributed by atoms with Gasteiger partial charge >= 0.3 is 6.03 Å². The minimum atomic E-state index is -0.359. The summed E-state index contributed by atoms with van der Waals surface area (Å²) < 4.78 is 19.0. The van der Waals surface area contributed by atoms with E-state index < -0.39 is 0 Å². The van der Waals surface area contributed by atoms with Gasteiger partial charge in [-0.25, -0.2) is 9.18 Å². The average molecular weight is 430 g/mol. The highest BCUT2D eigenvalue weighted by atomic mass is 19.1. The molecular weight excluding hydrogens is 407 g/mol. The number of hydrogen-bond acceptors (Lipinski definition) is 3. The van der Waals surface area contributed by atoms with Gasteiger partial charge in [0.25, 0.3) is 0 Å². The molecule has 4 aromatic rings. The molecule has 0 radical (unpaired) electrons. The van der Waals surface area contributed by atoms with Crippen LogP contribution in [0.25, 0.3) is 11.0 Å². The van der Waals surface area contributed by atoms with Crippen molar-refractivity contribution in [2.24, 2.45) is 0 Å². The number of amides is 2. The molecule has 4 rings (SSSR count). The first kappa shape index (κ1) is 21.3. The van der Waals surface area contributed by atoms with E-state index in [0.29, 0.717) is 16.5 Å². The number of nitrogens with one attached hydrogen (secondary N) is 1. The number of carbonyl (C=O) groups excluding carboxylic acids is 1. The van der Waals surface area contributed by atoms with Crippen molar-refractivity contribution in [2.75, 3.05) is 5.32 Å². The van der Waals surface area contributed by atoms with Crippen molar-refractivity contribution in [3.8, 4) is 0 Å². The van der Waals surface area contributed by atoms with Crippen LogP contribution in [-0.2, 0) is 19.5 Å². The summed E-state index contributed by atoms with van der Waals surface area (Å²) in [5.74, 6) is -0.350. The van der Waals surface area contributed by atoms with Crippen molar-refractivity contribution in [3.63, 3.8) is 0 Å². The Balaban J connectivity index is 1.65. The first-order chi connectivity index (χ1) is 15.5. The van der Waals surface area contributed by atoms with Crippen molar-refractivity contribution < 1.29 is 13.6 Å². The number of nitrogens with zero attached hydrogens (tertiary/aromatic N) is 1. The Morgan fingerprint density at radius 3 is 2.44 bits per heavy atom. The smallest absolute Gasteiger partial charge is 0.322 e. The number of fused-ring (bicyclic) bond motifs is 1. The molecule has 0 spiro atoms. The van der Waals surface area contributed by atoms with E-state index in [-0.39, 0.29) is 30.4 Å². The van der Waals surface area contributed by atoms with Crippen LogP contribution < -0.4 is 10.7 Å². The van der Waals surface area contributed by atoms with Crippen molar-refractivity contribution in [2.45, 2.75) is 26.4 Å². The number of para-hydroxylation sites is 2. The molecule has 2 amide bonds. The maximum Gasteiger partial charge on any atom is 0.322 e. The SMILES string of the molecule is CCc1ccccc1NC(=O)N(Cc1ccc(F)cc1)Cc1coc2ccccc2c1=O. The van der Waals surface area contributed by atoms with Gasteiger partial charge in [-0.05, 0) is 47.9 Å². The lowest BCUT2D eigenvalue weighted by molar-refractivity contribution is 0.206. The van der Waals surface area contributed by atoms with Crippen LogP contribution >= 0.6 is 0 Å². The van der Waals surface area contributed by atoms with Crippen molar-refractivity contribution in [1.82, 2.24) is 4.90 Å². The molecule has 162 valence electrons. The Morgan fingerprint density at radius 2 is 1.66 bits per heavy atom. The number of hydrogen-bond donors (Lipinski definition) is 1. The second-order valence-corrected chi connectivity index (χ2v) is 7.51. The number of aryl methyl sites for hydroxylation is 1. The normalized spacial score (nSPS) is 10.8. The third-order valence-corrected chi connectivity index (χ3v) is 5.33. The van der Waals surface area contributed by atoms with E-state index in [1.807, 2.05) is 31.2 Å². The van der Waals surface area contributed by atoms with Gasteiger partial charge in [0, 0.05) is 12.2 Å². The average Bonchev–Trinajstić information content (AvgIpc) is 2.82. The highest BCUT2D eigenvalue weighted by molar-refractivity contribution is 5.90. The van der Waals surface area contributed by atoms with E-state index in [2.05, 4.69) is 5.32 Å². The summed E-state index contributed by atoms with van der Waals surface area (Å²) >= 11 is 0. The maximum atomic E-state index is 13.4. The number of carbonyl (C=O) groups is 1. The van der Waals surface area contributed by atoms with Crippen molar-refractivity contribution in [3.05, 3.63) is 112 Å². The first-order valence-corrected chi connectivity index (χ1v) is 10.4. The van der Waals surface area contributed by atoms with E-state index in [1.54, 1.807) is 36.4 Å². The lowest BCUT2D eigenvalue weighted by Crippen LogP contribution is -2.35. The highest BCUT2D eigenvalue weighted by Crippen LogP contribution is 2.19. The van der Waals surface area contributed by atoms with Crippen LogP contribution in [0.1, 0.15) is 23.6 Å². The lowest BCUT2D eigenvalue weighted by atomic mass is 10.1. The maximum absolute atomic E-state index is 13.4. The number of halogens is 1. The molecule has 5 nitrogen and oxygen atoms in total. The zero-order valence-electron chi connectivity index (χ0n) is 17.7. The van der Waals surface area contributed by atoms with E-state index >= 15 is 0 Å². The summed E-state index contributed by atoms with van der Waals surface area (Å²) in [6.07, 6.45) is 2.16. The molecule has 3 aromatic carbocycles. The fourth-order valence-corrected chi connectivity index (χ4v) is 3.59. The Kier molecular flexibility index (Phi) is 6.31. The first-order valence-electron chi connectivity index (χ1n) is 10.4. The molecule has 6 heteroatoms. The monoisotopic (exact) mass is 430 g/mol. The van der Waals surface area contributed by atoms with Gasteiger partial charge in [-0.2, -0.15) is 0 Å². The van der Waals surface area contributed by atoms with Gasteiger partial charge in [0.2, 0.25) is 0 Å². The Labute approximate surface area is 185 Å². The van der Waals surface area contributed by atoms with Gasteiger partial charge in [-0.1, -0.05) is 49.4 Å². The third-order valence-electron chi connectivity index (χ3n) is 5.33. The van der Waals surface area contributed by atoms with E-state index in [1.165, 1.54) is 23.3 Å². The zero-order valence-corrected chi connectivity index (χ0v) is 17.7. The predicted octanol–water partition coefficient (Wildman–Crippen LogP) is 5.73. The molecular formula is C26H23FN2O3. The highest BCUT2D eigenvalue weighted by Gasteiger charge is 2.19. The molecule has 1 N–H and O–H groups in total. The van der Waals surface area contributed by atoms with Crippen molar-refractivity contribution in [1.29, 1.82) is 0 Å². The molecule has 0 unspecified atom stereocenters. The molecule has 0 aliphatic rings. The lowest BCUT2D eigenvalue weighted by Gasteiger charge is -2.24. The summed E-state index contributed by atoms with van der Waals surface area (Å²) in [6, 6.07) is 20.2. The quantitative estimate of drug-likeness (QED) is 0.425. The summed E-state index contributed by atoms with van der Waals surface area (Å²) in [4.78, 5) is 27.7. The number of rotatable bonds is 6. The molecule has 0 aliphatic carbocycles. The second-order valence-electron chi connectivity index (χ2n) is 7.51. The Hall–Kier alpha value is -3.93. The fraction of sp³-hybridized carbons (Fsp3) is 0.154. The van der Waals surface area contributed by atoms with Crippen LogP contribution in [-0.4, -0.2) is 10.9 Å². The van der Waals surface area contributed by atoms with E-state index in [9.17, 15) is 14.0 Å². The summed E-state index contributed by atoms with van der Waals surface area (Å²) in [5, 5.41) is 3.41. The molecule has 0 aliphatic heterocycles. The molecule has 0 fully saturated rings. The van der Waals surface area contributed by atoms with Gasteiger partial charge in [0.1, 0.15) is 11.4 Å². The van der Waals surface area contributed by atoms with E-state index in [0.717, 1.165) is 23.2 Å². The largest absolute Gasteiger partial charge is 0.464 e. The van der Waals surface area contributed by atoms with Gasteiger partial charge < -0.3 is 14.6 Å². The van der Waals surface area contributed by atoms with Crippen LogP contribution in [0.3, 0.4) is 0 Å². The number of anilines is 1. The number of urea groups is 1. The molecule has 0 saturated heterocycles. The van der Waals surface area contributed by atoms with Crippen LogP contribution in [0.2, 0.25) is 0 Å². The molecule has 0 bridgehead atoms. The van der Waals surface area contributed by atoms with Gasteiger partial charge in [0.15, 0.2) is 5.43 Å². The molecule has 32 heavy (non-hydrogen) atoms. The van der Waals surface area contributed by atoms with Crippen LogP contribution in [0.4, 0.5) is 14.9 Å². The van der Waals surface area contributed by atoms with Gasteiger partial charge in [-0.3, -0.25) is 4.79 Å². The molecule has 1 heterocycles. The van der Waals surface area contributed by atoms with Crippen LogP contribution in [0.15, 0.2) is 88.3 Å².